The van der Waals surface area contributed by atoms with Crippen molar-refractivity contribution in [1.82, 2.24) is 4.31 Å². The predicted molar refractivity (Wildman–Crippen MR) is 93.4 cm³/mol. The molecule has 0 atom stereocenters. The van der Waals surface area contributed by atoms with Crippen LogP contribution in [0, 0.1) is 11.6 Å². The maximum atomic E-state index is 13.7. The molecule has 138 valence electrons. The fourth-order valence-corrected chi connectivity index (χ4v) is 4.42. The number of sulfonamides is 1. The molecule has 3 rings (SSSR count). The summed E-state index contributed by atoms with van der Waals surface area (Å²) < 4.78 is 53.5. The van der Waals surface area contributed by atoms with Crippen LogP contribution >= 0.6 is 0 Å². The van der Waals surface area contributed by atoms with Crippen molar-refractivity contribution in [3.63, 3.8) is 0 Å². The van der Waals surface area contributed by atoms with Gasteiger partial charge in [-0.3, -0.25) is 4.79 Å². The Hall–Kier alpha value is -2.32. The normalized spacial score (nSPS) is 15.6. The molecular formula is C18H18F2N2O3S. The van der Waals surface area contributed by atoms with E-state index in [2.05, 4.69) is 5.32 Å². The van der Waals surface area contributed by atoms with Gasteiger partial charge in [0.2, 0.25) is 10.0 Å². The number of amides is 1. The van der Waals surface area contributed by atoms with Crippen molar-refractivity contribution >= 4 is 21.6 Å². The maximum Gasteiger partial charge on any atom is 0.258 e. The van der Waals surface area contributed by atoms with Crippen LogP contribution < -0.4 is 5.32 Å². The fourth-order valence-electron chi connectivity index (χ4n) is 2.86. The highest BCUT2D eigenvalue weighted by atomic mass is 32.2. The van der Waals surface area contributed by atoms with Gasteiger partial charge in [0.1, 0.15) is 11.6 Å². The highest BCUT2D eigenvalue weighted by Crippen LogP contribution is 2.23. The molecule has 2 aromatic rings. The van der Waals surface area contributed by atoms with Crippen molar-refractivity contribution in [1.29, 1.82) is 0 Å². The number of piperidine rings is 1. The van der Waals surface area contributed by atoms with E-state index in [0.29, 0.717) is 19.2 Å². The zero-order valence-electron chi connectivity index (χ0n) is 13.9. The smallest absolute Gasteiger partial charge is 0.258 e. The molecule has 0 spiro atoms. The standard InChI is InChI=1S/C18H18F2N2O3S/c19-13-7-8-16(17(20)11-13)18(23)21-14-5-4-6-15(12-14)26(24,25)22-9-2-1-3-10-22/h4-8,11-12H,1-3,9-10H2,(H,21,23). The number of rotatable bonds is 4. The van der Waals surface area contributed by atoms with Gasteiger partial charge in [0.25, 0.3) is 5.91 Å². The van der Waals surface area contributed by atoms with Crippen LogP contribution in [0.25, 0.3) is 0 Å². The van der Waals surface area contributed by atoms with Crippen LogP contribution in [0.4, 0.5) is 14.5 Å². The third kappa shape index (κ3) is 3.91. The summed E-state index contributed by atoms with van der Waals surface area (Å²) in [6, 6.07) is 8.44. The Morgan fingerprint density at radius 2 is 1.73 bits per heavy atom. The lowest BCUT2D eigenvalue weighted by atomic mass is 10.2. The van der Waals surface area contributed by atoms with Crippen molar-refractivity contribution in [3.05, 3.63) is 59.7 Å². The zero-order valence-corrected chi connectivity index (χ0v) is 14.7. The van der Waals surface area contributed by atoms with Crippen molar-refractivity contribution in [2.75, 3.05) is 18.4 Å². The number of anilines is 1. The highest BCUT2D eigenvalue weighted by Gasteiger charge is 2.26. The maximum absolute atomic E-state index is 13.7. The number of nitrogens with one attached hydrogen (secondary N) is 1. The van der Waals surface area contributed by atoms with E-state index in [1.807, 2.05) is 0 Å². The summed E-state index contributed by atoms with van der Waals surface area (Å²) in [6.45, 7) is 0.944. The summed E-state index contributed by atoms with van der Waals surface area (Å²) in [5.41, 5.74) is -0.104. The molecule has 1 fully saturated rings. The number of hydrogen-bond donors (Lipinski definition) is 1. The first-order chi connectivity index (χ1) is 12.4. The monoisotopic (exact) mass is 380 g/mol. The van der Waals surface area contributed by atoms with Crippen molar-refractivity contribution < 1.29 is 22.0 Å². The van der Waals surface area contributed by atoms with Crippen molar-refractivity contribution in [3.8, 4) is 0 Å². The van der Waals surface area contributed by atoms with Crippen LogP contribution in [0.2, 0.25) is 0 Å². The number of nitrogens with zero attached hydrogens (tertiary/aromatic N) is 1. The zero-order chi connectivity index (χ0) is 18.7. The van der Waals surface area contributed by atoms with Gasteiger partial charge in [-0.25, -0.2) is 17.2 Å². The molecule has 0 saturated carbocycles. The first-order valence-electron chi connectivity index (χ1n) is 8.24. The summed E-state index contributed by atoms with van der Waals surface area (Å²) in [5.74, 6) is -2.55. The molecule has 1 heterocycles. The molecule has 0 unspecified atom stereocenters. The summed E-state index contributed by atoms with van der Waals surface area (Å²) >= 11 is 0. The largest absolute Gasteiger partial charge is 0.322 e. The summed E-state index contributed by atoms with van der Waals surface area (Å²) in [7, 11) is -3.64. The quantitative estimate of drug-likeness (QED) is 0.884. The van der Waals surface area contributed by atoms with E-state index in [1.54, 1.807) is 0 Å². The van der Waals surface area contributed by atoms with E-state index in [1.165, 1.54) is 28.6 Å². The van der Waals surface area contributed by atoms with Gasteiger partial charge in [0.15, 0.2) is 0 Å². The Kier molecular flexibility index (Phi) is 5.33. The molecule has 1 N–H and O–H groups in total. The third-order valence-corrected chi connectivity index (χ3v) is 6.12. The SMILES string of the molecule is O=C(Nc1cccc(S(=O)(=O)N2CCCCC2)c1)c1ccc(F)cc1F. The molecule has 1 amide bonds. The molecule has 26 heavy (non-hydrogen) atoms. The Balaban J connectivity index is 1.82. The molecule has 1 saturated heterocycles. The van der Waals surface area contributed by atoms with E-state index >= 15 is 0 Å². The van der Waals surface area contributed by atoms with Crippen LogP contribution in [-0.2, 0) is 10.0 Å². The van der Waals surface area contributed by atoms with Gasteiger partial charge in [-0.15, -0.1) is 0 Å². The number of carbonyl (C=O) groups excluding carboxylic acids is 1. The molecular weight excluding hydrogens is 362 g/mol. The molecule has 1 aliphatic heterocycles. The van der Waals surface area contributed by atoms with Gasteiger partial charge in [-0.05, 0) is 43.2 Å². The number of halogens is 2. The Morgan fingerprint density at radius 3 is 2.42 bits per heavy atom. The van der Waals surface area contributed by atoms with Gasteiger partial charge in [0.05, 0.1) is 10.5 Å². The number of hydrogen-bond acceptors (Lipinski definition) is 3. The molecule has 2 aromatic carbocycles. The molecule has 1 aliphatic rings. The van der Waals surface area contributed by atoms with E-state index in [0.717, 1.165) is 31.4 Å². The van der Waals surface area contributed by atoms with E-state index in [-0.39, 0.29) is 16.1 Å². The second kappa shape index (κ2) is 7.51. The van der Waals surface area contributed by atoms with Crippen LogP contribution in [0.15, 0.2) is 47.4 Å². The second-order valence-electron chi connectivity index (χ2n) is 6.07. The van der Waals surface area contributed by atoms with Gasteiger partial charge in [0, 0.05) is 24.8 Å². The van der Waals surface area contributed by atoms with Crippen LogP contribution in [-0.4, -0.2) is 31.7 Å². The Morgan fingerprint density at radius 1 is 1.00 bits per heavy atom. The molecule has 0 bridgehead atoms. The number of benzene rings is 2. The van der Waals surface area contributed by atoms with Crippen molar-refractivity contribution in [2.24, 2.45) is 0 Å². The molecule has 0 radical (unpaired) electrons. The lowest BCUT2D eigenvalue weighted by molar-refractivity contribution is 0.102. The molecule has 0 aliphatic carbocycles. The average Bonchev–Trinajstić information content (AvgIpc) is 2.62. The number of carbonyl (C=O) groups is 1. The van der Waals surface area contributed by atoms with Gasteiger partial charge < -0.3 is 5.32 Å². The molecule has 5 nitrogen and oxygen atoms in total. The molecule has 0 aromatic heterocycles. The molecule has 8 heteroatoms. The minimum atomic E-state index is -3.64. The van der Waals surface area contributed by atoms with E-state index < -0.39 is 27.6 Å². The Labute approximate surface area is 150 Å². The lowest BCUT2D eigenvalue weighted by Crippen LogP contribution is -2.35. The van der Waals surface area contributed by atoms with Crippen LogP contribution in [0.3, 0.4) is 0 Å². The fraction of sp³-hybridized carbons (Fsp3) is 0.278. The average molecular weight is 380 g/mol. The summed E-state index contributed by atoms with van der Waals surface area (Å²) in [4.78, 5) is 12.2. The third-order valence-electron chi connectivity index (χ3n) is 4.22. The van der Waals surface area contributed by atoms with E-state index in [4.69, 9.17) is 0 Å². The van der Waals surface area contributed by atoms with Gasteiger partial charge in [-0.2, -0.15) is 4.31 Å². The van der Waals surface area contributed by atoms with Gasteiger partial charge >= 0.3 is 0 Å². The van der Waals surface area contributed by atoms with Crippen LogP contribution in [0.1, 0.15) is 29.6 Å². The second-order valence-corrected chi connectivity index (χ2v) is 8.01. The predicted octanol–water partition coefficient (Wildman–Crippen LogP) is 3.39. The first kappa shape index (κ1) is 18.5. The van der Waals surface area contributed by atoms with E-state index in [9.17, 15) is 22.0 Å². The minimum absolute atomic E-state index is 0.0665. The highest BCUT2D eigenvalue weighted by molar-refractivity contribution is 7.89. The minimum Gasteiger partial charge on any atom is -0.322 e. The van der Waals surface area contributed by atoms with Crippen molar-refractivity contribution in [2.45, 2.75) is 24.2 Å². The summed E-state index contributed by atoms with van der Waals surface area (Å²) in [5, 5.41) is 2.45. The first-order valence-corrected chi connectivity index (χ1v) is 9.68. The topological polar surface area (TPSA) is 66.5 Å². The van der Waals surface area contributed by atoms with Crippen LogP contribution in [0.5, 0.6) is 0 Å². The summed E-state index contributed by atoms with van der Waals surface area (Å²) in [6.07, 6.45) is 2.64. The Bertz CT molecular complexity index is 926. The van der Waals surface area contributed by atoms with Gasteiger partial charge in [-0.1, -0.05) is 12.5 Å². The lowest BCUT2D eigenvalue weighted by Gasteiger charge is -2.26.